The van der Waals surface area contributed by atoms with Crippen molar-refractivity contribution in [3.05, 3.63) is 82.9 Å². The first-order valence-corrected chi connectivity index (χ1v) is 9.30. The summed E-state index contributed by atoms with van der Waals surface area (Å²) in [5, 5.41) is 2.83. The monoisotopic (exact) mass is 405 g/mol. The molecule has 0 saturated carbocycles. The van der Waals surface area contributed by atoms with E-state index in [1.807, 2.05) is 19.1 Å². The van der Waals surface area contributed by atoms with Gasteiger partial charge in [-0.2, -0.15) is 0 Å². The van der Waals surface area contributed by atoms with Crippen LogP contribution in [0.5, 0.6) is 17.2 Å². The highest BCUT2D eigenvalue weighted by atomic mass is 16.5. The van der Waals surface area contributed by atoms with Crippen molar-refractivity contribution in [1.82, 2.24) is 0 Å². The minimum absolute atomic E-state index is 0.167. The van der Waals surface area contributed by atoms with E-state index >= 15 is 0 Å². The van der Waals surface area contributed by atoms with Crippen LogP contribution in [0, 0.1) is 6.92 Å². The van der Waals surface area contributed by atoms with E-state index in [1.165, 1.54) is 21.3 Å². The second kappa shape index (κ2) is 9.13. The molecule has 30 heavy (non-hydrogen) atoms. The van der Waals surface area contributed by atoms with Gasteiger partial charge in [-0.3, -0.25) is 9.59 Å². The molecule has 0 unspecified atom stereocenters. The van der Waals surface area contributed by atoms with Crippen LogP contribution in [0.15, 0.2) is 60.7 Å². The van der Waals surface area contributed by atoms with Crippen molar-refractivity contribution in [1.29, 1.82) is 0 Å². The molecular formula is C24H23NO5. The fourth-order valence-electron chi connectivity index (χ4n) is 3.11. The lowest BCUT2D eigenvalue weighted by atomic mass is 9.99. The maximum atomic E-state index is 13.0. The molecule has 0 bridgehead atoms. The highest BCUT2D eigenvalue weighted by molar-refractivity contribution is 6.15. The maximum Gasteiger partial charge on any atom is 0.255 e. The summed E-state index contributed by atoms with van der Waals surface area (Å²) >= 11 is 0. The van der Waals surface area contributed by atoms with Crippen molar-refractivity contribution in [2.45, 2.75) is 6.92 Å². The van der Waals surface area contributed by atoms with Crippen LogP contribution in [0.25, 0.3) is 0 Å². The molecule has 1 amide bonds. The molecule has 0 aliphatic heterocycles. The van der Waals surface area contributed by atoms with E-state index in [-0.39, 0.29) is 5.78 Å². The third-order valence-electron chi connectivity index (χ3n) is 4.63. The number of carbonyl (C=O) groups is 2. The Hall–Kier alpha value is -3.80. The number of anilines is 1. The SMILES string of the molecule is COc1cc(C(=O)Nc2ccc(C)cc2C(=O)c2ccccc2)cc(OC)c1OC. The third kappa shape index (κ3) is 4.27. The van der Waals surface area contributed by atoms with Crippen molar-refractivity contribution < 1.29 is 23.8 Å². The number of amides is 1. The smallest absolute Gasteiger partial charge is 0.255 e. The van der Waals surface area contributed by atoms with Crippen LogP contribution < -0.4 is 19.5 Å². The van der Waals surface area contributed by atoms with Crippen molar-refractivity contribution in [2.75, 3.05) is 26.6 Å². The summed E-state index contributed by atoms with van der Waals surface area (Å²) in [4.78, 5) is 26.0. The van der Waals surface area contributed by atoms with E-state index in [0.29, 0.717) is 39.6 Å². The highest BCUT2D eigenvalue weighted by Crippen LogP contribution is 2.38. The molecule has 6 nitrogen and oxygen atoms in total. The zero-order valence-electron chi connectivity index (χ0n) is 17.3. The molecule has 0 heterocycles. The molecule has 0 atom stereocenters. The van der Waals surface area contributed by atoms with Crippen LogP contribution in [-0.2, 0) is 0 Å². The number of ketones is 1. The summed E-state index contributed by atoms with van der Waals surface area (Å²) in [6.07, 6.45) is 0. The Bertz CT molecular complexity index is 1050. The van der Waals surface area contributed by atoms with Crippen LogP contribution in [0.3, 0.4) is 0 Å². The van der Waals surface area contributed by atoms with Gasteiger partial charge in [-0.25, -0.2) is 0 Å². The molecular weight excluding hydrogens is 382 g/mol. The van der Waals surface area contributed by atoms with E-state index in [0.717, 1.165) is 5.56 Å². The van der Waals surface area contributed by atoms with Gasteiger partial charge in [0.25, 0.3) is 5.91 Å². The average molecular weight is 405 g/mol. The Morgan fingerprint density at radius 2 is 1.40 bits per heavy atom. The first-order valence-electron chi connectivity index (χ1n) is 9.30. The summed E-state index contributed by atoms with van der Waals surface area (Å²) < 4.78 is 15.9. The third-order valence-corrected chi connectivity index (χ3v) is 4.63. The van der Waals surface area contributed by atoms with Gasteiger partial charge in [0, 0.05) is 16.7 Å². The predicted molar refractivity (Wildman–Crippen MR) is 115 cm³/mol. The van der Waals surface area contributed by atoms with Gasteiger partial charge >= 0.3 is 0 Å². The summed E-state index contributed by atoms with van der Waals surface area (Å²) in [5.74, 6) is 0.560. The van der Waals surface area contributed by atoms with Gasteiger partial charge in [-0.05, 0) is 31.2 Å². The van der Waals surface area contributed by atoms with Gasteiger partial charge in [0.2, 0.25) is 5.75 Å². The molecule has 0 radical (unpaired) electrons. The fraction of sp³-hybridized carbons (Fsp3) is 0.167. The minimum Gasteiger partial charge on any atom is -0.493 e. The molecule has 3 aromatic rings. The van der Waals surface area contributed by atoms with Crippen molar-refractivity contribution in [3.8, 4) is 17.2 Å². The van der Waals surface area contributed by atoms with E-state index in [9.17, 15) is 9.59 Å². The zero-order valence-corrected chi connectivity index (χ0v) is 17.3. The van der Waals surface area contributed by atoms with E-state index in [2.05, 4.69) is 5.32 Å². The largest absolute Gasteiger partial charge is 0.493 e. The second-order valence-electron chi connectivity index (χ2n) is 6.61. The number of hydrogen-bond donors (Lipinski definition) is 1. The van der Waals surface area contributed by atoms with Gasteiger partial charge in [-0.15, -0.1) is 0 Å². The molecule has 0 aromatic heterocycles. The number of hydrogen-bond acceptors (Lipinski definition) is 5. The number of rotatable bonds is 7. The summed E-state index contributed by atoms with van der Waals surface area (Å²) in [5.41, 5.74) is 2.62. The van der Waals surface area contributed by atoms with Crippen LogP contribution in [0.1, 0.15) is 31.8 Å². The molecule has 0 aliphatic rings. The Balaban J connectivity index is 1.97. The van der Waals surface area contributed by atoms with Gasteiger partial charge in [0.05, 0.1) is 27.0 Å². The quantitative estimate of drug-likeness (QED) is 0.586. The number of ether oxygens (including phenoxy) is 3. The highest BCUT2D eigenvalue weighted by Gasteiger charge is 2.20. The standard InChI is InChI=1S/C24H23NO5/c1-15-10-11-19(18(12-15)22(26)16-8-6-5-7-9-16)25-24(27)17-13-20(28-2)23(30-4)21(14-17)29-3/h5-14H,1-4H3,(H,25,27). The average Bonchev–Trinajstić information content (AvgIpc) is 2.79. The van der Waals surface area contributed by atoms with E-state index in [4.69, 9.17) is 14.2 Å². The molecule has 0 saturated heterocycles. The lowest BCUT2D eigenvalue weighted by Gasteiger charge is -2.15. The van der Waals surface area contributed by atoms with E-state index in [1.54, 1.807) is 48.5 Å². The number of carbonyl (C=O) groups excluding carboxylic acids is 2. The second-order valence-corrected chi connectivity index (χ2v) is 6.61. The molecule has 0 aliphatic carbocycles. The number of benzene rings is 3. The molecule has 1 N–H and O–H groups in total. The van der Waals surface area contributed by atoms with Crippen LogP contribution >= 0.6 is 0 Å². The zero-order chi connectivity index (χ0) is 21.7. The lowest BCUT2D eigenvalue weighted by Crippen LogP contribution is -2.16. The molecule has 3 rings (SSSR count). The van der Waals surface area contributed by atoms with Crippen LogP contribution in [-0.4, -0.2) is 33.0 Å². The first-order chi connectivity index (χ1) is 14.5. The fourth-order valence-corrected chi connectivity index (χ4v) is 3.11. The Labute approximate surface area is 175 Å². The van der Waals surface area contributed by atoms with Gasteiger partial charge < -0.3 is 19.5 Å². The van der Waals surface area contributed by atoms with Gasteiger partial charge in [-0.1, -0.05) is 42.0 Å². The Kier molecular flexibility index (Phi) is 6.37. The molecule has 6 heteroatoms. The normalized spacial score (nSPS) is 10.3. The van der Waals surface area contributed by atoms with Crippen molar-refractivity contribution in [2.24, 2.45) is 0 Å². The van der Waals surface area contributed by atoms with Crippen molar-refractivity contribution in [3.63, 3.8) is 0 Å². The number of methoxy groups -OCH3 is 3. The van der Waals surface area contributed by atoms with Crippen LogP contribution in [0.2, 0.25) is 0 Å². The molecule has 0 fully saturated rings. The summed E-state index contributed by atoms with van der Waals surface area (Å²) in [6.45, 7) is 1.90. The van der Waals surface area contributed by atoms with Crippen molar-refractivity contribution >= 4 is 17.4 Å². The molecule has 154 valence electrons. The number of aryl methyl sites for hydroxylation is 1. The summed E-state index contributed by atoms with van der Waals surface area (Å²) in [7, 11) is 4.46. The number of nitrogens with one attached hydrogen (secondary N) is 1. The Morgan fingerprint density at radius 1 is 0.767 bits per heavy atom. The van der Waals surface area contributed by atoms with Gasteiger partial charge in [0.1, 0.15) is 0 Å². The maximum absolute atomic E-state index is 13.0. The topological polar surface area (TPSA) is 73.9 Å². The first kappa shape index (κ1) is 20.9. The Morgan fingerprint density at radius 3 is 1.97 bits per heavy atom. The van der Waals surface area contributed by atoms with Gasteiger partial charge in [0.15, 0.2) is 17.3 Å². The summed E-state index contributed by atoms with van der Waals surface area (Å²) in [6, 6.07) is 17.4. The minimum atomic E-state index is -0.403. The molecule has 0 spiro atoms. The van der Waals surface area contributed by atoms with Crippen LogP contribution in [0.4, 0.5) is 5.69 Å². The lowest BCUT2D eigenvalue weighted by molar-refractivity contribution is 0.102. The predicted octanol–water partition coefficient (Wildman–Crippen LogP) is 4.50. The molecule has 3 aromatic carbocycles. The van der Waals surface area contributed by atoms with E-state index < -0.39 is 5.91 Å².